The Morgan fingerprint density at radius 3 is 2.88 bits per heavy atom. The molecular weight excluding hydrogens is 308 g/mol. The molecule has 1 heterocycles. The first-order valence-electron chi connectivity index (χ1n) is 7.78. The lowest BCUT2D eigenvalue weighted by atomic mass is 10.1. The third-order valence-corrected chi connectivity index (χ3v) is 3.71. The quantitative estimate of drug-likeness (QED) is 0.763. The number of methoxy groups -OCH3 is 1. The summed E-state index contributed by atoms with van der Waals surface area (Å²) in [5.41, 5.74) is 1.81. The highest BCUT2D eigenvalue weighted by atomic mass is 16.7. The van der Waals surface area contributed by atoms with E-state index in [9.17, 15) is 4.79 Å². The van der Waals surface area contributed by atoms with E-state index in [-0.39, 0.29) is 19.2 Å². The average Bonchev–Trinajstić information content (AvgIpc) is 3.07. The maximum absolute atomic E-state index is 12.0. The molecule has 1 aliphatic heterocycles. The van der Waals surface area contributed by atoms with Crippen LogP contribution in [-0.2, 0) is 11.2 Å². The molecule has 2 N–H and O–H groups in total. The van der Waals surface area contributed by atoms with Crippen LogP contribution in [0.2, 0.25) is 0 Å². The number of para-hydroxylation sites is 1. The smallest absolute Gasteiger partial charge is 0.238 e. The summed E-state index contributed by atoms with van der Waals surface area (Å²) in [4.78, 5) is 12.0. The summed E-state index contributed by atoms with van der Waals surface area (Å²) in [6, 6.07) is 13.2. The summed E-state index contributed by atoms with van der Waals surface area (Å²) >= 11 is 0. The number of carbonyl (C=O) groups is 1. The number of benzene rings is 2. The first kappa shape index (κ1) is 16.1. The van der Waals surface area contributed by atoms with Gasteiger partial charge in [-0.05, 0) is 36.7 Å². The Hall–Kier alpha value is -2.73. The van der Waals surface area contributed by atoms with Crippen LogP contribution in [0.15, 0.2) is 42.5 Å². The summed E-state index contributed by atoms with van der Waals surface area (Å²) in [6.45, 7) is 1.15. The van der Waals surface area contributed by atoms with Gasteiger partial charge in [0.1, 0.15) is 5.75 Å². The molecule has 2 aromatic rings. The van der Waals surface area contributed by atoms with E-state index in [1.54, 1.807) is 25.3 Å². The van der Waals surface area contributed by atoms with Gasteiger partial charge in [-0.25, -0.2) is 0 Å². The molecule has 1 amide bonds. The number of anilines is 1. The van der Waals surface area contributed by atoms with Crippen LogP contribution in [0.3, 0.4) is 0 Å². The topological polar surface area (TPSA) is 68.8 Å². The number of carbonyl (C=O) groups excluding carboxylic acids is 1. The minimum atomic E-state index is -0.103. The van der Waals surface area contributed by atoms with E-state index >= 15 is 0 Å². The molecule has 0 saturated carbocycles. The minimum absolute atomic E-state index is 0.103. The van der Waals surface area contributed by atoms with Crippen LogP contribution in [0.25, 0.3) is 0 Å². The Morgan fingerprint density at radius 1 is 1.17 bits per heavy atom. The van der Waals surface area contributed by atoms with E-state index in [0.717, 1.165) is 17.7 Å². The molecule has 0 fully saturated rings. The zero-order valence-corrected chi connectivity index (χ0v) is 13.5. The van der Waals surface area contributed by atoms with E-state index in [4.69, 9.17) is 14.2 Å². The van der Waals surface area contributed by atoms with Crippen LogP contribution in [0.1, 0.15) is 5.56 Å². The van der Waals surface area contributed by atoms with Crippen molar-refractivity contribution in [3.05, 3.63) is 48.0 Å². The number of nitrogens with one attached hydrogen (secondary N) is 2. The van der Waals surface area contributed by atoms with E-state index in [1.807, 2.05) is 24.3 Å². The fraction of sp³-hybridized carbons (Fsp3) is 0.278. The largest absolute Gasteiger partial charge is 0.496 e. The number of amides is 1. The molecule has 0 unspecified atom stereocenters. The molecule has 0 saturated heterocycles. The number of ether oxygens (including phenoxy) is 3. The second kappa shape index (κ2) is 7.70. The van der Waals surface area contributed by atoms with E-state index in [2.05, 4.69) is 10.6 Å². The zero-order valence-electron chi connectivity index (χ0n) is 13.5. The number of fused-ring (bicyclic) bond motifs is 1. The first-order chi connectivity index (χ1) is 11.8. The SMILES string of the molecule is COc1ccccc1CCNCC(=O)Nc1ccc2c(c1)OCO2. The molecule has 3 rings (SSSR count). The van der Waals surface area contributed by atoms with Crippen molar-refractivity contribution in [3.8, 4) is 17.2 Å². The Bertz CT molecular complexity index is 718. The van der Waals surface area contributed by atoms with Gasteiger partial charge in [-0.2, -0.15) is 0 Å². The molecular formula is C18H20N2O4. The van der Waals surface area contributed by atoms with Crippen molar-refractivity contribution < 1.29 is 19.0 Å². The predicted octanol–water partition coefficient (Wildman–Crippen LogP) is 2.19. The van der Waals surface area contributed by atoms with Gasteiger partial charge in [-0.1, -0.05) is 18.2 Å². The summed E-state index contributed by atoms with van der Waals surface area (Å²) in [5, 5.41) is 5.97. The van der Waals surface area contributed by atoms with E-state index in [1.165, 1.54) is 0 Å². The van der Waals surface area contributed by atoms with Gasteiger partial charge in [-0.3, -0.25) is 4.79 Å². The van der Waals surface area contributed by atoms with Gasteiger partial charge in [0.2, 0.25) is 12.7 Å². The molecule has 0 radical (unpaired) electrons. The van der Waals surface area contributed by atoms with Gasteiger partial charge in [0, 0.05) is 11.8 Å². The molecule has 0 aromatic heterocycles. The Kier molecular flexibility index (Phi) is 5.18. The molecule has 0 atom stereocenters. The highest BCUT2D eigenvalue weighted by molar-refractivity contribution is 5.92. The Labute approximate surface area is 140 Å². The molecule has 24 heavy (non-hydrogen) atoms. The van der Waals surface area contributed by atoms with Crippen molar-refractivity contribution in [2.24, 2.45) is 0 Å². The molecule has 6 nitrogen and oxygen atoms in total. The van der Waals surface area contributed by atoms with Crippen molar-refractivity contribution in [1.29, 1.82) is 0 Å². The summed E-state index contributed by atoms with van der Waals surface area (Å²) in [6.07, 6.45) is 0.793. The third-order valence-electron chi connectivity index (χ3n) is 3.71. The molecule has 6 heteroatoms. The number of rotatable bonds is 7. The van der Waals surface area contributed by atoms with Crippen LogP contribution >= 0.6 is 0 Å². The predicted molar refractivity (Wildman–Crippen MR) is 90.8 cm³/mol. The van der Waals surface area contributed by atoms with Crippen LogP contribution < -0.4 is 24.8 Å². The monoisotopic (exact) mass is 328 g/mol. The summed E-state index contributed by atoms with van der Waals surface area (Å²) < 4.78 is 15.8. The van der Waals surface area contributed by atoms with Gasteiger partial charge >= 0.3 is 0 Å². The standard InChI is InChI=1S/C18H20N2O4/c1-22-15-5-3-2-4-13(15)8-9-19-11-18(21)20-14-6-7-16-17(10-14)24-12-23-16/h2-7,10,19H,8-9,11-12H2,1H3,(H,20,21). The van der Waals surface area contributed by atoms with Gasteiger partial charge in [0.05, 0.1) is 13.7 Å². The number of hydrogen-bond acceptors (Lipinski definition) is 5. The lowest BCUT2D eigenvalue weighted by Crippen LogP contribution is -2.29. The lowest BCUT2D eigenvalue weighted by molar-refractivity contribution is -0.115. The van der Waals surface area contributed by atoms with Crippen LogP contribution in [0, 0.1) is 0 Å². The van der Waals surface area contributed by atoms with Crippen molar-refractivity contribution >= 4 is 11.6 Å². The Balaban J connectivity index is 1.43. The highest BCUT2D eigenvalue weighted by Gasteiger charge is 2.14. The van der Waals surface area contributed by atoms with Crippen LogP contribution in [0.5, 0.6) is 17.2 Å². The van der Waals surface area contributed by atoms with Crippen molar-refractivity contribution in [3.63, 3.8) is 0 Å². The molecule has 1 aliphatic rings. The zero-order chi connectivity index (χ0) is 16.8. The lowest BCUT2D eigenvalue weighted by Gasteiger charge is -2.09. The van der Waals surface area contributed by atoms with Gasteiger partial charge in [0.25, 0.3) is 0 Å². The molecule has 0 aliphatic carbocycles. The first-order valence-corrected chi connectivity index (χ1v) is 7.78. The second-order valence-electron chi connectivity index (χ2n) is 5.35. The van der Waals surface area contributed by atoms with Crippen molar-refractivity contribution in [1.82, 2.24) is 5.32 Å². The average molecular weight is 328 g/mol. The van der Waals surface area contributed by atoms with Crippen LogP contribution in [0.4, 0.5) is 5.69 Å². The van der Waals surface area contributed by atoms with Gasteiger partial charge in [-0.15, -0.1) is 0 Å². The maximum Gasteiger partial charge on any atom is 0.238 e. The fourth-order valence-corrected chi connectivity index (χ4v) is 2.51. The molecule has 2 aromatic carbocycles. The molecule has 126 valence electrons. The second-order valence-corrected chi connectivity index (χ2v) is 5.35. The fourth-order valence-electron chi connectivity index (χ4n) is 2.51. The summed E-state index contributed by atoms with van der Waals surface area (Å²) in [7, 11) is 1.66. The minimum Gasteiger partial charge on any atom is -0.496 e. The van der Waals surface area contributed by atoms with Crippen molar-refractivity contribution in [2.45, 2.75) is 6.42 Å². The van der Waals surface area contributed by atoms with Gasteiger partial charge < -0.3 is 24.8 Å². The summed E-state index contributed by atoms with van der Waals surface area (Å²) in [5.74, 6) is 2.11. The number of hydrogen-bond donors (Lipinski definition) is 2. The maximum atomic E-state index is 12.0. The van der Waals surface area contributed by atoms with E-state index < -0.39 is 0 Å². The molecule has 0 bridgehead atoms. The van der Waals surface area contributed by atoms with Crippen molar-refractivity contribution in [2.75, 3.05) is 32.3 Å². The van der Waals surface area contributed by atoms with Crippen LogP contribution in [-0.4, -0.2) is 32.9 Å². The highest BCUT2D eigenvalue weighted by Crippen LogP contribution is 2.34. The third kappa shape index (κ3) is 3.97. The normalized spacial score (nSPS) is 12.0. The Morgan fingerprint density at radius 2 is 2.00 bits per heavy atom. The van der Waals surface area contributed by atoms with E-state index in [0.29, 0.717) is 23.7 Å². The van der Waals surface area contributed by atoms with Gasteiger partial charge in [0.15, 0.2) is 11.5 Å². The molecule has 0 spiro atoms.